The number of halogens is 3. The molecule has 7 nitrogen and oxygen atoms in total. The van der Waals surface area contributed by atoms with Crippen LogP contribution in [0.3, 0.4) is 0 Å². The summed E-state index contributed by atoms with van der Waals surface area (Å²) < 4.78 is 29.1. The summed E-state index contributed by atoms with van der Waals surface area (Å²) in [6.45, 7) is -0.0799. The van der Waals surface area contributed by atoms with Gasteiger partial charge in [-0.1, -0.05) is 41.1 Å². The zero-order valence-electron chi connectivity index (χ0n) is 20.2. The van der Waals surface area contributed by atoms with Crippen LogP contribution in [0.4, 0.5) is 8.78 Å². The van der Waals surface area contributed by atoms with E-state index in [1.807, 2.05) is 0 Å². The van der Waals surface area contributed by atoms with E-state index < -0.39 is 39.8 Å². The Balaban J connectivity index is 1.52. The molecule has 0 spiro atoms. The van der Waals surface area contributed by atoms with Crippen LogP contribution in [0, 0.1) is 0 Å². The predicted octanol–water partition coefficient (Wildman–Crippen LogP) is -1.51. The molecule has 4 amide bonds. The van der Waals surface area contributed by atoms with E-state index in [2.05, 4.69) is 10.6 Å². The number of nitrogens with one attached hydrogen (secondary N) is 2. The van der Waals surface area contributed by atoms with Crippen LogP contribution in [0.5, 0.6) is 0 Å². The third kappa shape index (κ3) is 3.93. The molecule has 0 bridgehead atoms. The van der Waals surface area contributed by atoms with E-state index in [0.717, 1.165) is 12.1 Å². The van der Waals surface area contributed by atoms with E-state index in [9.17, 15) is 28.0 Å². The molecule has 2 atom stereocenters. The van der Waals surface area contributed by atoms with Gasteiger partial charge in [-0.3, -0.25) is 24.5 Å². The molecule has 14 heteroatoms. The maximum Gasteiger partial charge on any atom is 0.349 e. The van der Waals surface area contributed by atoms with Crippen molar-refractivity contribution in [3.63, 3.8) is 0 Å². The van der Waals surface area contributed by atoms with Crippen molar-refractivity contribution in [3.8, 4) is 0 Å². The number of piperidine rings is 1. The van der Waals surface area contributed by atoms with Gasteiger partial charge in [0.05, 0.1) is 5.44 Å². The van der Waals surface area contributed by atoms with Crippen LogP contribution in [0.2, 0.25) is 16.1 Å². The Bertz CT molecular complexity index is 1290. The van der Waals surface area contributed by atoms with Crippen LogP contribution in [0.25, 0.3) is 0 Å². The van der Waals surface area contributed by atoms with Gasteiger partial charge in [-0.15, -0.1) is 0 Å². The lowest BCUT2D eigenvalue weighted by Crippen LogP contribution is -2.72. The van der Waals surface area contributed by atoms with Crippen molar-refractivity contribution < 1.29 is 28.0 Å². The predicted molar refractivity (Wildman–Crippen MR) is 140 cm³/mol. The number of imide groups is 1. The molecule has 0 aliphatic carbocycles. The van der Waals surface area contributed by atoms with Gasteiger partial charge in [-0.2, -0.15) is 8.78 Å². The number of amides is 4. The lowest BCUT2D eigenvalue weighted by Gasteiger charge is -2.54. The minimum absolute atomic E-state index is 0.102. The van der Waals surface area contributed by atoms with Crippen LogP contribution in [-0.2, 0) is 33.4 Å². The lowest BCUT2D eigenvalue weighted by atomic mass is 9.31. The SMILES string of the molecule is BC1C(=O)NC(=O)C(B)(N2Cc3cc(CNC(=O)C(F)(F)c4ccc(Cl)cc4)ccc3C2=O)C1(B)B. The number of hydrogen-bond donors (Lipinski definition) is 2. The van der Waals surface area contributed by atoms with Gasteiger partial charge in [0.2, 0.25) is 11.8 Å². The summed E-state index contributed by atoms with van der Waals surface area (Å²) in [5.41, 5.74) is -0.277. The van der Waals surface area contributed by atoms with E-state index in [1.165, 1.54) is 17.0 Å². The molecule has 2 heterocycles. The average Bonchev–Trinajstić information content (AvgIpc) is 3.16. The summed E-state index contributed by atoms with van der Waals surface area (Å²) in [7, 11) is 6.93. The largest absolute Gasteiger partial charge is 0.349 e. The quantitative estimate of drug-likeness (QED) is 0.379. The number of alkyl halides is 2. The molecule has 2 N–H and O–H groups in total. The Morgan fingerprint density at radius 1 is 1.14 bits per heavy atom. The summed E-state index contributed by atoms with van der Waals surface area (Å²) >= 11 is 5.73. The molecule has 2 aliphatic heterocycles. The third-order valence-electron chi connectivity index (χ3n) is 7.87. The molecule has 0 radical (unpaired) electrons. The molecular formula is C22H22B4ClF2N3O4. The Morgan fingerprint density at radius 2 is 1.78 bits per heavy atom. The Morgan fingerprint density at radius 3 is 2.42 bits per heavy atom. The fourth-order valence-corrected chi connectivity index (χ4v) is 4.91. The van der Waals surface area contributed by atoms with Gasteiger partial charge >= 0.3 is 5.92 Å². The maximum atomic E-state index is 14.6. The average molecular weight is 509 g/mol. The Labute approximate surface area is 215 Å². The first-order valence-electron chi connectivity index (χ1n) is 11.4. The molecule has 2 unspecified atom stereocenters. The molecule has 2 aliphatic rings. The van der Waals surface area contributed by atoms with E-state index in [4.69, 9.17) is 11.6 Å². The molecule has 2 aromatic rings. The summed E-state index contributed by atoms with van der Waals surface area (Å²) in [6, 6.07) is 9.53. The monoisotopic (exact) mass is 509 g/mol. The van der Waals surface area contributed by atoms with Crippen molar-refractivity contribution in [2.75, 3.05) is 0 Å². The Hall–Kier alpha value is -3.07. The van der Waals surface area contributed by atoms with Crippen molar-refractivity contribution >= 4 is 66.6 Å². The van der Waals surface area contributed by atoms with E-state index in [0.29, 0.717) is 16.7 Å². The summed E-state index contributed by atoms with van der Waals surface area (Å²) in [5, 5.41) is 4.05. The van der Waals surface area contributed by atoms with Crippen molar-refractivity contribution in [3.05, 3.63) is 69.7 Å². The highest BCUT2D eigenvalue weighted by Crippen LogP contribution is 2.49. The van der Waals surface area contributed by atoms with Crippen molar-refractivity contribution in [2.24, 2.45) is 0 Å². The first-order chi connectivity index (χ1) is 16.7. The van der Waals surface area contributed by atoms with E-state index >= 15 is 0 Å². The minimum Gasteiger partial charge on any atom is -0.346 e. The maximum absolute atomic E-state index is 14.6. The molecule has 1 saturated heterocycles. The smallest absolute Gasteiger partial charge is 0.346 e. The highest BCUT2D eigenvalue weighted by atomic mass is 35.5. The number of benzene rings is 2. The first-order valence-corrected chi connectivity index (χ1v) is 11.8. The molecule has 4 rings (SSSR count). The second-order valence-corrected chi connectivity index (χ2v) is 10.4. The molecular weight excluding hydrogens is 487 g/mol. The molecule has 0 saturated carbocycles. The molecule has 0 aromatic heterocycles. The van der Waals surface area contributed by atoms with Crippen LogP contribution >= 0.6 is 11.6 Å². The second-order valence-electron chi connectivity index (χ2n) is 9.98. The molecule has 182 valence electrons. The number of fused-ring (bicyclic) bond motifs is 1. The second kappa shape index (κ2) is 8.80. The van der Waals surface area contributed by atoms with Crippen molar-refractivity contribution in [1.29, 1.82) is 0 Å². The first kappa shape index (κ1) is 26.0. The third-order valence-corrected chi connectivity index (χ3v) is 8.12. The van der Waals surface area contributed by atoms with Gasteiger partial charge in [0.25, 0.3) is 11.8 Å². The van der Waals surface area contributed by atoms with E-state index in [1.54, 1.807) is 49.6 Å². The zero-order chi connectivity index (χ0) is 26.6. The van der Waals surface area contributed by atoms with Gasteiger partial charge in [0.1, 0.15) is 31.4 Å². The summed E-state index contributed by atoms with van der Waals surface area (Å²) in [4.78, 5) is 52.2. The van der Waals surface area contributed by atoms with Crippen LogP contribution in [0.1, 0.15) is 27.0 Å². The van der Waals surface area contributed by atoms with Crippen LogP contribution in [0.15, 0.2) is 42.5 Å². The minimum atomic E-state index is -3.75. The van der Waals surface area contributed by atoms with Gasteiger partial charge in [-0.25, -0.2) is 0 Å². The fraction of sp³-hybridized carbons (Fsp3) is 0.273. The zero-order valence-corrected chi connectivity index (χ0v) is 21.0. The van der Waals surface area contributed by atoms with E-state index in [-0.39, 0.29) is 29.9 Å². The number of nitrogens with zero attached hydrogens (tertiary/aromatic N) is 1. The Kier molecular flexibility index (Phi) is 6.35. The summed E-state index contributed by atoms with van der Waals surface area (Å²) in [5.74, 6) is -7.04. The van der Waals surface area contributed by atoms with Gasteiger partial charge in [0.15, 0.2) is 0 Å². The van der Waals surface area contributed by atoms with Gasteiger partial charge < -0.3 is 10.2 Å². The van der Waals surface area contributed by atoms with Crippen LogP contribution in [-0.4, -0.2) is 65.4 Å². The normalized spacial score (nSPS) is 23.2. The molecule has 36 heavy (non-hydrogen) atoms. The number of rotatable bonds is 5. The highest BCUT2D eigenvalue weighted by Gasteiger charge is 2.60. The topological polar surface area (TPSA) is 95.6 Å². The highest BCUT2D eigenvalue weighted by molar-refractivity contribution is 6.57. The fourth-order valence-electron chi connectivity index (χ4n) is 4.78. The van der Waals surface area contributed by atoms with Crippen LogP contribution < -0.4 is 10.6 Å². The number of hydrogen-bond acceptors (Lipinski definition) is 4. The van der Waals surface area contributed by atoms with Crippen molar-refractivity contribution in [1.82, 2.24) is 15.5 Å². The van der Waals surface area contributed by atoms with Crippen molar-refractivity contribution in [2.45, 2.75) is 35.5 Å². The summed E-state index contributed by atoms with van der Waals surface area (Å²) in [6.07, 6.45) is 0. The lowest BCUT2D eigenvalue weighted by molar-refractivity contribution is -0.147. The van der Waals surface area contributed by atoms with Gasteiger partial charge in [-0.05, 0) is 29.3 Å². The standard InChI is InChI=1S/C22H22B4ClF2N3O4/c23-15-16(33)31-19(36)22(26,21(15,24)25)32-9-11-7-10(1-6-14(11)17(32)34)8-30-18(35)20(28,29)12-2-4-13(27)5-3-12/h1-7,15H,8-9,23-26H2,(H,30,35)(H,31,33,36). The number of carbonyl (C=O) groups excluding carboxylic acids is 4. The molecule has 2 aromatic carbocycles. The van der Waals surface area contributed by atoms with Gasteiger partial charge in [0, 0.05) is 35.1 Å². The molecule has 1 fully saturated rings. The number of carbonyl (C=O) groups is 4.